The van der Waals surface area contributed by atoms with Gasteiger partial charge in [0.05, 0.1) is 0 Å². The maximum Gasteiger partial charge on any atom is 0.349 e. The van der Waals surface area contributed by atoms with Crippen molar-refractivity contribution in [3.8, 4) is 0 Å². The third-order valence-corrected chi connectivity index (χ3v) is 0.937. The molecule has 76 valence electrons. The van der Waals surface area contributed by atoms with Crippen LogP contribution in [-0.2, 0) is 12.4 Å². The van der Waals surface area contributed by atoms with Gasteiger partial charge in [0.15, 0.2) is 5.34 Å². The van der Waals surface area contributed by atoms with E-state index < -0.39 is 6.03 Å². The number of carbonyl (C=O) groups excluding carboxylic acids is 1. The largest absolute Gasteiger partial charge is 0.379 e. The van der Waals surface area contributed by atoms with Gasteiger partial charge < -0.3 is 10.9 Å². The summed E-state index contributed by atoms with van der Waals surface area (Å²) in [5.41, 5.74) is 4.38. The van der Waals surface area contributed by atoms with Crippen LogP contribution in [0.15, 0.2) is 46.1 Å². The summed E-state index contributed by atoms with van der Waals surface area (Å²) in [7, 11) is 0. The number of primary amides is 1. The van der Waals surface area contributed by atoms with E-state index in [2.05, 4.69) is 22.5 Å². The molecule has 2 amide bonds. The van der Waals surface area contributed by atoms with E-state index in [0.717, 1.165) is 0 Å². The van der Waals surface area contributed by atoms with Gasteiger partial charge in [0, 0.05) is 12.4 Å². The topological polar surface area (TPSA) is 105 Å². The van der Waals surface area contributed by atoms with Crippen molar-refractivity contribution in [2.24, 2.45) is 15.4 Å². The Morgan fingerprint density at radius 3 is 1.36 bits per heavy atom. The zero-order chi connectivity index (χ0) is 11.2. The van der Waals surface area contributed by atoms with Gasteiger partial charge in [-0.2, -0.15) is 0 Å². The molecule has 0 aliphatic heterocycles. The third kappa shape index (κ3) is 22.5. The van der Waals surface area contributed by atoms with Gasteiger partial charge >= 0.3 is 6.03 Å². The minimum atomic E-state index is -0.806. The molecule has 0 heterocycles. The molecule has 0 saturated heterocycles. The number of urea groups is 1. The molecule has 6 nitrogen and oxygen atoms in total. The van der Waals surface area contributed by atoms with Gasteiger partial charge in [-0.15, -0.1) is 9.27 Å². The summed E-state index contributed by atoms with van der Waals surface area (Å²) in [6.07, 6.45) is 0. The SMILES string of the molecule is NC(=O)N=S.O=NO.c1ccccc1. The molecule has 0 unspecified atom stereocenters. The number of nitrogens with zero attached hydrogens (tertiary/aromatic N) is 2. The number of rotatable bonds is 0. The second-order valence-electron chi connectivity index (χ2n) is 1.67. The monoisotopic (exact) mass is 215 g/mol. The van der Waals surface area contributed by atoms with Crippen molar-refractivity contribution < 1.29 is 10.0 Å². The van der Waals surface area contributed by atoms with E-state index >= 15 is 0 Å². The Labute approximate surface area is 85.8 Å². The lowest BCUT2D eigenvalue weighted by molar-refractivity contribution is 0.257. The maximum atomic E-state index is 9.32. The number of hydrogen-bond acceptors (Lipinski definition) is 4. The van der Waals surface area contributed by atoms with Crippen LogP contribution in [0.1, 0.15) is 0 Å². The Hall–Kier alpha value is -1.89. The van der Waals surface area contributed by atoms with Crippen LogP contribution in [0.2, 0.25) is 0 Å². The molecule has 0 saturated carbocycles. The number of hydrogen-bond donors (Lipinski definition) is 2. The van der Waals surface area contributed by atoms with Gasteiger partial charge in [0.25, 0.3) is 0 Å². The van der Waals surface area contributed by atoms with E-state index in [0.29, 0.717) is 0 Å². The molecule has 0 radical (unpaired) electrons. The molecule has 0 aliphatic carbocycles. The fourth-order valence-corrected chi connectivity index (χ4v) is 0.385. The molecule has 3 N–H and O–H groups in total. The molecule has 1 aromatic carbocycles. The van der Waals surface area contributed by atoms with Crippen molar-refractivity contribution in [2.45, 2.75) is 0 Å². The van der Waals surface area contributed by atoms with Crippen LogP contribution in [0.4, 0.5) is 4.79 Å². The number of carbonyl (C=O) groups is 1. The summed E-state index contributed by atoms with van der Waals surface area (Å²) in [5.74, 6) is 0. The lowest BCUT2D eigenvalue weighted by atomic mass is 10.4. The molecule has 0 aliphatic rings. The van der Waals surface area contributed by atoms with E-state index in [1.54, 1.807) is 0 Å². The summed E-state index contributed by atoms with van der Waals surface area (Å²) < 4.78 is 2.61. The van der Waals surface area contributed by atoms with Crippen LogP contribution in [0.3, 0.4) is 0 Å². The highest BCUT2D eigenvalue weighted by molar-refractivity contribution is 7.47. The first-order valence-electron chi connectivity index (χ1n) is 3.28. The van der Waals surface area contributed by atoms with E-state index in [4.69, 9.17) is 10.1 Å². The second-order valence-corrected chi connectivity index (χ2v) is 1.85. The first kappa shape index (κ1) is 14.6. The van der Waals surface area contributed by atoms with E-state index in [1.807, 2.05) is 36.4 Å². The fraction of sp³-hybridized carbons (Fsp3) is 0. The molecule has 14 heavy (non-hydrogen) atoms. The van der Waals surface area contributed by atoms with Gasteiger partial charge in [0.2, 0.25) is 0 Å². The quantitative estimate of drug-likeness (QED) is 0.506. The number of benzene rings is 1. The Balaban J connectivity index is 0. The molecule has 7 heteroatoms. The molecule has 1 rings (SSSR count). The van der Waals surface area contributed by atoms with Gasteiger partial charge in [-0.3, -0.25) is 0 Å². The normalized spacial score (nSPS) is 6.57. The predicted molar refractivity (Wildman–Crippen MR) is 53.4 cm³/mol. The molecule has 1 aromatic rings. The number of amides is 2. The van der Waals surface area contributed by atoms with E-state index in [1.165, 1.54) is 5.34 Å². The number of nitrogens with two attached hydrogens (primary N) is 1. The average Bonchev–Trinajstić information content (AvgIpc) is 2.22. The zero-order valence-electron chi connectivity index (χ0n) is 7.11. The summed E-state index contributed by atoms with van der Waals surface area (Å²) in [6.45, 7) is 0. The van der Waals surface area contributed by atoms with Crippen molar-refractivity contribution in [1.29, 1.82) is 0 Å². The minimum Gasteiger partial charge on any atom is -0.379 e. The molecular formula is C7H9N3O3S. The van der Waals surface area contributed by atoms with Crippen molar-refractivity contribution in [1.82, 2.24) is 0 Å². The van der Waals surface area contributed by atoms with Gasteiger partial charge in [-0.05, 0) is 0 Å². The highest BCUT2D eigenvalue weighted by atomic mass is 32.1. The molecule has 0 atom stereocenters. The van der Waals surface area contributed by atoms with Gasteiger partial charge in [0.1, 0.15) is 0 Å². The lowest BCUT2D eigenvalue weighted by Gasteiger charge is -1.69. The fourth-order valence-electron chi connectivity index (χ4n) is 0.385. The maximum absolute atomic E-state index is 9.32. The Morgan fingerprint density at radius 2 is 1.29 bits per heavy atom. The molecule has 0 aromatic heterocycles. The molecular weight excluding hydrogens is 206 g/mol. The van der Waals surface area contributed by atoms with Crippen LogP contribution < -0.4 is 5.73 Å². The van der Waals surface area contributed by atoms with Crippen molar-refractivity contribution in [3.63, 3.8) is 0 Å². The lowest BCUT2D eigenvalue weighted by Crippen LogP contribution is -2.01. The van der Waals surface area contributed by atoms with Crippen molar-refractivity contribution >= 4 is 18.5 Å². The van der Waals surface area contributed by atoms with Crippen LogP contribution >= 0.6 is 0 Å². The highest BCUT2D eigenvalue weighted by Crippen LogP contribution is 1.79. The molecule has 0 fully saturated rings. The summed E-state index contributed by atoms with van der Waals surface area (Å²) in [6, 6.07) is 11.2. The minimum absolute atomic E-state index is 0.806. The Bertz CT molecular complexity index is 229. The second kappa shape index (κ2) is 13.7. The van der Waals surface area contributed by atoms with Gasteiger partial charge in [-0.25, -0.2) is 4.79 Å². The molecule has 0 bridgehead atoms. The summed E-state index contributed by atoms with van der Waals surface area (Å²) >= 11 is 3.83. The summed E-state index contributed by atoms with van der Waals surface area (Å²) in [5, 5.41) is 7.89. The van der Waals surface area contributed by atoms with Crippen LogP contribution in [-0.4, -0.2) is 11.2 Å². The first-order valence-corrected chi connectivity index (χ1v) is 3.65. The Kier molecular flexibility index (Phi) is 14.3. The van der Waals surface area contributed by atoms with E-state index in [9.17, 15) is 4.79 Å². The average molecular weight is 215 g/mol. The Morgan fingerprint density at radius 1 is 1.14 bits per heavy atom. The summed E-state index contributed by atoms with van der Waals surface area (Å²) in [4.78, 5) is 17.4. The van der Waals surface area contributed by atoms with Crippen molar-refractivity contribution in [3.05, 3.63) is 41.3 Å². The van der Waals surface area contributed by atoms with Crippen molar-refractivity contribution in [2.75, 3.05) is 0 Å². The first-order chi connectivity index (χ1) is 6.68. The predicted octanol–water partition coefficient (Wildman–Crippen LogP) is 1.62. The van der Waals surface area contributed by atoms with E-state index in [-0.39, 0.29) is 0 Å². The molecule has 0 spiro atoms. The third-order valence-electron chi connectivity index (χ3n) is 0.757. The van der Waals surface area contributed by atoms with Crippen LogP contribution in [0.25, 0.3) is 0 Å². The van der Waals surface area contributed by atoms with Crippen LogP contribution in [0.5, 0.6) is 0 Å². The smallest absolute Gasteiger partial charge is 0.349 e. The zero-order valence-corrected chi connectivity index (χ0v) is 7.92. The highest BCUT2D eigenvalue weighted by Gasteiger charge is 1.73. The standard InChI is InChI=1S/C6H6.CH2N2OS.HNO2/c1-2-4-6-5-3-1;2-1(4)3-5;2-1-3/h1-6H;(H2,2,4);(H,2,3). The van der Waals surface area contributed by atoms with Crippen LogP contribution in [0, 0.1) is 4.91 Å². The van der Waals surface area contributed by atoms with Gasteiger partial charge in [-0.1, -0.05) is 36.4 Å².